The molecule has 1 aromatic heterocycles. The predicted octanol–water partition coefficient (Wildman–Crippen LogP) is 0.565. The topological polar surface area (TPSA) is 115 Å². The maximum atomic E-state index is 12.3. The number of rotatable bonds is 4. The van der Waals surface area contributed by atoms with Crippen LogP contribution >= 0.6 is 0 Å². The highest BCUT2D eigenvalue weighted by atomic mass is 16.1. The summed E-state index contributed by atoms with van der Waals surface area (Å²) < 4.78 is 1.71. The fourth-order valence-corrected chi connectivity index (χ4v) is 3.44. The van der Waals surface area contributed by atoms with Crippen molar-refractivity contribution in [2.24, 2.45) is 23.5 Å². The number of carbonyl (C=O) groups excluding carboxylic acids is 1. The van der Waals surface area contributed by atoms with E-state index >= 15 is 0 Å². The molecule has 2 heterocycles. The van der Waals surface area contributed by atoms with E-state index in [1.165, 1.54) is 0 Å². The number of aryl methyl sites for hydroxylation is 1. The van der Waals surface area contributed by atoms with E-state index in [4.69, 9.17) is 11.5 Å². The summed E-state index contributed by atoms with van der Waals surface area (Å²) >= 11 is 0. The molecule has 134 valence electrons. The number of nitrogens with two attached hydrogens (primary N) is 2. The van der Waals surface area contributed by atoms with Crippen LogP contribution in [0, 0.1) is 0 Å². The zero-order valence-electron chi connectivity index (χ0n) is 14.7. The number of aromatic nitrogens is 2. The fraction of sp³-hybridized carbons (Fsp3) is 0.471. The monoisotopic (exact) mass is 343 g/mol. The number of anilines is 1. The van der Waals surface area contributed by atoms with Gasteiger partial charge in [-0.3, -0.25) is 9.48 Å². The summed E-state index contributed by atoms with van der Waals surface area (Å²) in [6.45, 7) is 5.09. The van der Waals surface area contributed by atoms with Gasteiger partial charge in [-0.1, -0.05) is 6.92 Å². The van der Waals surface area contributed by atoms with Crippen LogP contribution in [0.5, 0.6) is 0 Å². The van der Waals surface area contributed by atoms with Crippen LogP contribution in [-0.2, 0) is 7.05 Å². The summed E-state index contributed by atoms with van der Waals surface area (Å²) in [5.41, 5.74) is 12.8. The van der Waals surface area contributed by atoms with Crippen LogP contribution in [0.1, 0.15) is 30.1 Å². The summed E-state index contributed by atoms with van der Waals surface area (Å²) in [6.07, 6.45) is 4.14. The number of nitrogens with one attached hydrogen (secondary N) is 1. The Hall–Kier alpha value is -2.61. The third-order valence-corrected chi connectivity index (χ3v) is 4.56. The number of carbonyl (C=O) groups is 1. The minimum atomic E-state index is -0.471. The first-order valence-electron chi connectivity index (χ1n) is 8.58. The Morgan fingerprint density at radius 3 is 2.72 bits per heavy atom. The molecule has 0 saturated carbocycles. The first kappa shape index (κ1) is 17.2. The number of amides is 1. The van der Waals surface area contributed by atoms with Gasteiger partial charge < -0.3 is 21.7 Å². The van der Waals surface area contributed by atoms with Crippen LogP contribution in [-0.4, -0.2) is 47.3 Å². The molecule has 25 heavy (non-hydrogen) atoms. The van der Waals surface area contributed by atoms with Gasteiger partial charge in [-0.15, -0.1) is 0 Å². The van der Waals surface area contributed by atoms with Gasteiger partial charge in [0, 0.05) is 43.4 Å². The van der Waals surface area contributed by atoms with Gasteiger partial charge in [0.15, 0.2) is 5.96 Å². The van der Waals surface area contributed by atoms with E-state index in [-0.39, 0.29) is 5.96 Å². The number of fused-ring (bicyclic) bond motifs is 1. The number of piperidine rings is 1. The second-order valence-electron chi connectivity index (χ2n) is 6.36. The molecule has 1 aliphatic heterocycles. The third-order valence-electron chi connectivity index (χ3n) is 4.56. The van der Waals surface area contributed by atoms with Gasteiger partial charge in [-0.05, 0) is 31.5 Å². The minimum absolute atomic E-state index is 0.247. The SMILES string of the molecule is CCNC1CCN(c2ccc(C(=O)N=C(N)N)c3nn(C)cc23)CC1. The zero-order chi connectivity index (χ0) is 18.0. The van der Waals surface area contributed by atoms with Crippen LogP contribution in [0.25, 0.3) is 10.9 Å². The summed E-state index contributed by atoms with van der Waals surface area (Å²) in [5.74, 6) is -0.718. The summed E-state index contributed by atoms with van der Waals surface area (Å²) in [6, 6.07) is 4.30. The lowest BCUT2D eigenvalue weighted by Crippen LogP contribution is -2.42. The summed E-state index contributed by atoms with van der Waals surface area (Å²) in [4.78, 5) is 18.3. The highest BCUT2D eigenvalue weighted by Gasteiger charge is 2.22. The fourth-order valence-electron chi connectivity index (χ4n) is 3.44. The smallest absolute Gasteiger partial charge is 0.282 e. The van der Waals surface area contributed by atoms with Crippen LogP contribution < -0.4 is 21.7 Å². The molecular formula is C17H25N7O. The highest BCUT2D eigenvalue weighted by Crippen LogP contribution is 2.31. The molecule has 5 N–H and O–H groups in total. The van der Waals surface area contributed by atoms with Crippen LogP contribution in [0.3, 0.4) is 0 Å². The Morgan fingerprint density at radius 2 is 2.08 bits per heavy atom. The number of benzene rings is 1. The predicted molar refractivity (Wildman–Crippen MR) is 99.8 cm³/mol. The van der Waals surface area contributed by atoms with Crippen molar-refractivity contribution < 1.29 is 4.79 Å². The number of hydrogen-bond acceptors (Lipinski definition) is 4. The van der Waals surface area contributed by atoms with E-state index < -0.39 is 5.91 Å². The Morgan fingerprint density at radius 1 is 1.36 bits per heavy atom. The molecule has 1 amide bonds. The van der Waals surface area contributed by atoms with Crippen molar-refractivity contribution in [2.75, 3.05) is 24.5 Å². The van der Waals surface area contributed by atoms with Gasteiger partial charge >= 0.3 is 0 Å². The van der Waals surface area contributed by atoms with Crippen LogP contribution in [0.2, 0.25) is 0 Å². The van der Waals surface area contributed by atoms with Crippen molar-refractivity contribution in [3.8, 4) is 0 Å². The van der Waals surface area contributed by atoms with Crippen molar-refractivity contribution >= 4 is 28.5 Å². The highest BCUT2D eigenvalue weighted by molar-refractivity contribution is 6.11. The van der Waals surface area contributed by atoms with Crippen molar-refractivity contribution in [2.45, 2.75) is 25.8 Å². The molecule has 8 nitrogen and oxygen atoms in total. The second kappa shape index (κ2) is 7.10. The lowest BCUT2D eigenvalue weighted by atomic mass is 10.0. The van der Waals surface area contributed by atoms with Gasteiger partial charge in [-0.25, -0.2) is 0 Å². The number of guanidine groups is 1. The molecule has 1 saturated heterocycles. The first-order chi connectivity index (χ1) is 12.0. The molecule has 0 unspecified atom stereocenters. The standard InChI is InChI=1S/C17H25N7O/c1-3-20-11-6-8-24(9-7-11)14-5-4-12(16(25)21-17(18)19)15-13(14)10-23(2)22-15/h4-5,10-11,20H,3,6-9H2,1-2H3,(H4,18,19,21,25). The molecule has 1 fully saturated rings. The molecule has 0 spiro atoms. The number of hydrogen-bond donors (Lipinski definition) is 3. The Labute approximate surface area is 146 Å². The van der Waals surface area contributed by atoms with Gasteiger partial charge in [0.2, 0.25) is 0 Å². The Balaban J connectivity index is 1.93. The molecule has 8 heteroatoms. The lowest BCUT2D eigenvalue weighted by molar-refractivity contribution is 0.100. The van der Waals surface area contributed by atoms with E-state index in [1.807, 2.05) is 19.3 Å². The summed E-state index contributed by atoms with van der Waals surface area (Å²) in [7, 11) is 1.84. The van der Waals surface area contributed by atoms with E-state index in [0.29, 0.717) is 17.1 Å². The first-order valence-corrected chi connectivity index (χ1v) is 8.58. The maximum absolute atomic E-state index is 12.3. The molecule has 1 aromatic carbocycles. The Bertz CT molecular complexity index is 799. The van der Waals surface area contributed by atoms with Crippen molar-refractivity contribution in [3.05, 3.63) is 23.9 Å². The molecule has 0 aliphatic carbocycles. The van der Waals surface area contributed by atoms with E-state index in [9.17, 15) is 4.79 Å². The average Bonchev–Trinajstić information content (AvgIpc) is 2.95. The maximum Gasteiger partial charge on any atom is 0.282 e. The largest absolute Gasteiger partial charge is 0.371 e. The quantitative estimate of drug-likeness (QED) is 0.552. The normalized spacial score (nSPS) is 15.5. The van der Waals surface area contributed by atoms with E-state index in [0.717, 1.165) is 43.5 Å². The van der Waals surface area contributed by atoms with E-state index in [1.54, 1.807) is 10.7 Å². The minimum Gasteiger partial charge on any atom is -0.371 e. The molecule has 0 radical (unpaired) electrons. The molecule has 0 bridgehead atoms. The number of aliphatic imine (C=N–C) groups is 1. The van der Waals surface area contributed by atoms with Gasteiger partial charge in [0.1, 0.15) is 5.52 Å². The van der Waals surface area contributed by atoms with Crippen LogP contribution in [0.15, 0.2) is 23.3 Å². The third kappa shape index (κ3) is 3.58. The van der Waals surface area contributed by atoms with Crippen molar-refractivity contribution in [1.29, 1.82) is 0 Å². The van der Waals surface area contributed by atoms with Gasteiger partial charge in [0.05, 0.1) is 5.56 Å². The zero-order valence-corrected chi connectivity index (χ0v) is 14.7. The molecule has 3 rings (SSSR count). The van der Waals surface area contributed by atoms with Crippen LogP contribution in [0.4, 0.5) is 5.69 Å². The Kier molecular flexibility index (Phi) is 4.89. The molecule has 2 aromatic rings. The van der Waals surface area contributed by atoms with Crippen molar-refractivity contribution in [1.82, 2.24) is 15.1 Å². The average molecular weight is 343 g/mol. The summed E-state index contributed by atoms with van der Waals surface area (Å²) in [5, 5.41) is 8.91. The van der Waals surface area contributed by atoms with Gasteiger partial charge in [-0.2, -0.15) is 10.1 Å². The lowest BCUT2D eigenvalue weighted by Gasteiger charge is -2.34. The van der Waals surface area contributed by atoms with Gasteiger partial charge in [0.25, 0.3) is 5.91 Å². The molecular weight excluding hydrogens is 318 g/mol. The number of nitrogens with zero attached hydrogens (tertiary/aromatic N) is 4. The van der Waals surface area contributed by atoms with E-state index in [2.05, 4.69) is 27.2 Å². The second-order valence-corrected chi connectivity index (χ2v) is 6.36. The molecule has 0 atom stereocenters. The van der Waals surface area contributed by atoms with Crippen molar-refractivity contribution in [3.63, 3.8) is 0 Å². The molecule has 1 aliphatic rings.